The first kappa shape index (κ1) is 16.0. The van der Waals surface area contributed by atoms with Crippen molar-refractivity contribution in [1.82, 2.24) is 0 Å². The second-order valence-electron chi connectivity index (χ2n) is 6.52. The fourth-order valence-electron chi connectivity index (χ4n) is 2.46. The predicted molar refractivity (Wildman–Crippen MR) is 107 cm³/mol. The van der Waals surface area contributed by atoms with Gasteiger partial charge in [0.25, 0.3) is 0 Å². The van der Waals surface area contributed by atoms with E-state index in [4.69, 9.17) is 4.99 Å². The molecule has 0 fully saturated rings. The number of aliphatic imine (C=N–C) groups is 1. The van der Waals surface area contributed by atoms with E-state index in [9.17, 15) is 0 Å². The molecule has 0 N–H and O–H groups in total. The highest BCUT2D eigenvalue weighted by atomic mass is 32.4. The van der Waals surface area contributed by atoms with Gasteiger partial charge in [0, 0.05) is 16.5 Å². The van der Waals surface area contributed by atoms with Gasteiger partial charge in [-0.15, -0.1) is 11.2 Å². The average Bonchev–Trinajstić information content (AvgIpc) is 2.53. The molecule has 0 spiro atoms. The summed E-state index contributed by atoms with van der Waals surface area (Å²) in [6.07, 6.45) is 1.97. The van der Waals surface area contributed by atoms with Crippen LogP contribution in [0.15, 0.2) is 76.6 Å². The largest absolute Gasteiger partial charge is 0.254 e. The van der Waals surface area contributed by atoms with Crippen LogP contribution >= 0.6 is 11.2 Å². The van der Waals surface area contributed by atoms with Crippen molar-refractivity contribution in [2.24, 2.45) is 4.99 Å². The van der Waals surface area contributed by atoms with Crippen LogP contribution in [0.4, 0.5) is 5.69 Å². The molecular formula is C20H21NSSi. The molecule has 0 aromatic heterocycles. The summed E-state index contributed by atoms with van der Waals surface area (Å²) >= 11 is 2.00. The van der Waals surface area contributed by atoms with E-state index >= 15 is 0 Å². The summed E-state index contributed by atoms with van der Waals surface area (Å²) in [6.45, 7) is 7.12. The first-order chi connectivity index (χ1) is 11.0. The number of hydrogen-bond donors (Lipinski definition) is 0. The highest BCUT2D eigenvalue weighted by Gasteiger charge is 2.18. The van der Waals surface area contributed by atoms with Crippen molar-refractivity contribution in [1.29, 1.82) is 0 Å². The molecule has 23 heavy (non-hydrogen) atoms. The Hall–Kier alpha value is -1.84. The molecule has 116 valence electrons. The Morgan fingerprint density at radius 3 is 2.26 bits per heavy atom. The molecule has 3 aromatic carbocycles. The number of hydrogen-bond acceptors (Lipinski definition) is 2. The van der Waals surface area contributed by atoms with Gasteiger partial charge in [0.2, 0.25) is 0 Å². The quantitative estimate of drug-likeness (QED) is 0.390. The normalized spacial score (nSPS) is 12.1. The highest BCUT2D eigenvalue weighted by molar-refractivity contribution is 8.28. The Morgan fingerprint density at radius 1 is 0.826 bits per heavy atom. The van der Waals surface area contributed by atoms with Gasteiger partial charge in [0.1, 0.15) is 7.22 Å². The molecule has 0 aliphatic rings. The molecule has 0 bridgehead atoms. The lowest BCUT2D eigenvalue weighted by atomic mass is 10.1. The minimum atomic E-state index is -1.28. The summed E-state index contributed by atoms with van der Waals surface area (Å²) in [7, 11) is -1.28. The number of nitrogens with zero attached hydrogens (tertiary/aromatic N) is 1. The van der Waals surface area contributed by atoms with E-state index in [1.54, 1.807) is 0 Å². The lowest BCUT2D eigenvalue weighted by Gasteiger charge is -2.17. The van der Waals surface area contributed by atoms with Gasteiger partial charge in [-0.1, -0.05) is 80.3 Å². The van der Waals surface area contributed by atoms with Gasteiger partial charge in [-0.25, -0.2) is 0 Å². The SMILES string of the molecule is C[Si](C)(C)Sc1ccc2ccccc2c1N=Cc1ccccc1. The molecule has 1 nitrogen and oxygen atoms in total. The summed E-state index contributed by atoms with van der Waals surface area (Å²) in [4.78, 5) is 6.15. The molecule has 3 heteroatoms. The van der Waals surface area contributed by atoms with E-state index in [2.05, 4.69) is 68.2 Å². The van der Waals surface area contributed by atoms with Gasteiger partial charge >= 0.3 is 0 Å². The summed E-state index contributed by atoms with van der Waals surface area (Å²) < 4.78 is 0. The summed E-state index contributed by atoms with van der Waals surface area (Å²) in [5, 5.41) is 2.47. The predicted octanol–water partition coefficient (Wildman–Crippen LogP) is 6.52. The Labute approximate surface area is 143 Å². The van der Waals surface area contributed by atoms with E-state index in [-0.39, 0.29) is 0 Å². The van der Waals surface area contributed by atoms with Crippen LogP contribution in [-0.4, -0.2) is 13.4 Å². The molecule has 0 amide bonds. The average molecular weight is 336 g/mol. The Bertz CT molecular complexity index is 835. The van der Waals surface area contributed by atoms with E-state index < -0.39 is 7.22 Å². The molecule has 3 aromatic rings. The van der Waals surface area contributed by atoms with Gasteiger partial charge in [0.15, 0.2) is 0 Å². The molecule has 0 aliphatic carbocycles. The van der Waals surface area contributed by atoms with Crippen LogP contribution < -0.4 is 0 Å². The molecule has 0 saturated heterocycles. The van der Waals surface area contributed by atoms with E-state index in [0.29, 0.717) is 0 Å². The molecular weight excluding hydrogens is 314 g/mol. The van der Waals surface area contributed by atoms with Crippen LogP contribution in [0, 0.1) is 0 Å². The van der Waals surface area contributed by atoms with Crippen LogP contribution in [0.25, 0.3) is 10.8 Å². The third-order valence-corrected chi connectivity index (χ3v) is 7.08. The van der Waals surface area contributed by atoms with Crippen molar-refractivity contribution in [2.45, 2.75) is 24.5 Å². The zero-order chi connectivity index (χ0) is 16.3. The third-order valence-electron chi connectivity index (χ3n) is 3.42. The molecule has 0 radical (unpaired) electrons. The molecule has 0 unspecified atom stereocenters. The molecule has 0 heterocycles. The minimum Gasteiger partial charge on any atom is -0.254 e. The summed E-state index contributed by atoms with van der Waals surface area (Å²) in [6, 6.07) is 23.2. The van der Waals surface area contributed by atoms with Gasteiger partial charge in [-0.3, -0.25) is 4.99 Å². The van der Waals surface area contributed by atoms with E-state index in [0.717, 1.165) is 11.3 Å². The van der Waals surface area contributed by atoms with Crippen molar-refractivity contribution < 1.29 is 0 Å². The second-order valence-corrected chi connectivity index (χ2v) is 15.7. The number of benzene rings is 3. The minimum absolute atomic E-state index is 1.10. The Morgan fingerprint density at radius 2 is 1.52 bits per heavy atom. The monoisotopic (exact) mass is 335 g/mol. The first-order valence-electron chi connectivity index (χ1n) is 7.83. The van der Waals surface area contributed by atoms with Crippen molar-refractivity contribution >= 4 is 41.1 Å². The van der Waals surface area contributed by atoms with Gasteiger partial charge < -0.3 is 0 Å². The molecule has 0 aliphatic heterocycles. The topological polar surface area (TPSA) is 12.4 Å². The maximum atomic E-state index is 4.87. The highest BCUT2D eigenvalue weighted by Crippen LogP contribution is 2.40. The molecule has 3 rings (SSSR count). The van der Waals surface area contributed by atoms with Gasteiger partial charge in [0.05, 0.1) is 5.69 Å². The van der Waals surface area contributed by atoms with Crippen LogP contribution in [0.1, 0.15) is 5.56 Å². The standard InChI is InChI=1S/C20H21NSSi/c1-23(2,3)22-19-14-13-17-11-7-8-12-18(17)20(19)21-15-16-9-5-4-6-10-16/h4-15H,1-3H3. The van der Waals surface area contributed by atoms with Crippen molar-refractivity contribution in [3.63, 3.8) is 0 Å². The van der Waals surface area contributed by atoms with Crippen LogP contribution in [0.3, 0.4) is 0 Å². The zero-order valence-electron chi connectivity index (χ0n) is 13.8. The Balaban J connectivity index is 2.11. The van der Waals surface area contributed by atoms with Gasteiger partial charge in [-0.05, 0) is 17.0 Å². The maximum Gasteiger partial charge on any atom is 0.114 e. The molecule has 0 saturated carbocycles. The van der Waals surface area contributed by atoms with Crippen molar-refractivity contribution in [3.8, 4) is 0 Å². The van der Waals surface area contributed by atoms with Crippen LogP contribution in [0.2, 0.25) is 19.6 Å². The fraction of sp³-hybridized carbons (Fsp3) is 0.150. The Kier molecular flexibility index (Phi) is 4.69. The number of fused-ring (bicyclic) bond motifs is 1. The zero-order valence-corrected chi connectivity index (χ0v) is 15.6. The fourth-order valence-corrected chi connectivity index (χ4v) is 5.99. The molecule has 0 atom stereocenters. The van der Waals surface area contributed by atoms with E-state index in [1.807, 2.05) is 35.6 Å². The van der Waals surface area contributed by atoms with Crippen LogP contribution in [-0.2, 0) is 0 Å². The second kappa shape index (κ2) is 6.73. The maximum absolute atomic E-state index is 4.87. The summed E-state index contributed by atoms with van der Waals surface area (Å²) in [5.74, 6) is 0. The van der Waals surface area contributed by atoms with Crippen molar-refractivity contribution in [3.05, 3.63) is 72.3 Å². The lowest BCUT2D eigenvalue weighted by Crippen LogP contribution is -2.13. The first-order valence-corrected chi connectivity index (χ1v) is 12.9. The lowest BCUT2D eigenvalue weighted by molar-refractivity contribution is 1.42. The smallest absolute Gasteiger partial charge is 0.114 e. The van der Waals surface area contributed by atoms with E-state index in [1.165, 1.54) is 15.7 Å². The van der Waals surface area contributed by atoms with Crippen molar-refractivity contribution in [2.75, 3.05) is 0 Å². The van der Waals surface area contributed by atoms with Crippen LogP contribution in [0.5, 0.6) is 0 Å². The third kappa shape index (κ3) is 4.12. The van der Waals surface area contributed by atoms with Gasteiger partial charge in [-0.2, -0.15) is 0 Å². The number of rotatable bonds is 4. The summed E-state index contributed by atoms with van der Waals surface area (Å²) in [5.41, 5.74) is 2.23.